The lowest BCUT2D eigenvalue weighted by molar-refractivity contribution is -0.135. The highest BCUT2D eigenvalue weighted by atomic mass is 32.1. The van der Waals surface area contributed by atoms with Crippen LogP contribution in [0.15, 0.2) is 0 Å². The number of halogens is 3. The van der Waals surface area contributed by atoms with Crippen molar-refractivity contribution in [3.8, 4) is 0 Å². The van der Waals surface area contributed by atoms with Crippen molar-refractivity contribution in [1.29, 1.82) is 0 Å². The molecule has 1 rings (SSSR count). The van der Waals surface area contributed by atoms with Gasteiger partial charge in [0.25, 0.3) is 0 Å². The Labute approximate surface area is 115 Å². The van der Waals surface area contributed by atoms with E-state index in [1.54, 1.807) is 0 Å². The van der Waals surface area contributed by atoms with E-state index < -0.39 is 12.6 Å². The van der Waals surface area contributed by atoms with Crippen molar-refractivity contribution < 1.29 is 13.2 Å². The van der Waals surface area contributed by atoms with Gasteiger partial charge in [0, 0.05) is 18.9 Å². The lowest BCUT2D eigenvalue weighted by atomic mass is 10.1. The van der Waals surface area contributed by atoms with Gasteiger partial charge in [-0.2, -0.15) is 13.2 Å². The Morgan fingerprint density at radius 2 is 1.89 bits per heavy atom. The summed E-state index contributed by atoms with van der Waals surface area (Å²) in [5, 5.41) is 12.8. The second kappa shape index (κ2) is 7.07. The van der Waals surface area contributed by atoms with E-state index in [9.17, 15) is 13.2 Å². The normalized spacial score (nSPS) is 13.8. The summed E-state index contributed by atoms with van der Waals surface area (Å²) in [5.74, 6) is 0.519. The van der Waals surface area contributed by atoms with Crippen molar-refractivity contribution in [1.82, 2.24) is 10.2 Å². The fraction of sp³-hybridized carbons (Fsp3) is 0.833. The van der Waals surface area contributed by atoms with Crippen molar-refractivity contribution in [2.45, 2.75) is 58.7 Å². The molecule has 0 aliphatic heterocycles. The van der Waals surface area contributed by atoms with Crippen LogP contribution in [0.25, 0.3) is 0 Å². The summed E-state index contributed by atoms with van der Waals surface area (Å²) in [5.41, 5.74) is 0. The van der Waals surface area contributed by atoms with Gasteiger partial charge >= 0.3 is 6.18 Å². The number of nitrogens with zero attached hydrogens (tertiary/aromatic N) is 2. The third kappa shape index (κ3) is 7.34. The van der Waals surface area contributed by atoms with Crippen molar-refractivity contribution in [2.24, 2.45) is 5.92 Å². The Morgan fingerprint density at radius 1 is 1.21 bits per heavy atom. The molecule has 1 N–H and O–H groups in total. The summed E-state index contributed by atoms with van der Waals surface area (Å²) in [6.45, 7) is 6.07. The summed E-state index contributed by atoms with van der Waals surface area (Å²) in [4.78, 5) is 0. The molecule has 0 fully saturated rings. The average molecular weight is 295 g/mol. The van der Waals surface area contributed by atoms with E-state index in [4.69, 9.17) is 0 Å². The van der Waals surface area contributed by atoms with Crippen molar-refractivity contribution >= 4 is 16.5 Å². The van der Waals surface area contributed by atoms with Crippen molar-refractivity contribution in [2.75, 3.05) is 5.32 Å². The predicted octanol–water partition coefficient (Wildman–Crippen LogP) is 4.27. The highest BCUT2D eigenvalue weighted by molar-refractivity contribution is 7.15. The monoisotopic (exact) mass is 295 g/mol. The summed E-state index contributed by atoms with van der Waals surface area (Å²) < 4.78 is 36.1. The largest absolute Gasteiger partial charge is 0.389 e. The quantitative estimate of drug-likeness (QED) is 0.816. The smallest absolute Gasteiger partial charge is 0.358 e. The van der Waals surface area contributed by atoms with Gasteiger partial charge in [-0.1, -0.05) is 25.2 Å². The van der Waals surface area contributed by atoms with Crippen molar-refractivity contribution in [3.63, 3.8) is 0 Å². The number of hydrogen-bond acceptors (Lipinski definition) is 4. The maximum absolute atomic E-state index is 12.0. The van der Waals surface area contributed by atoms with E-state index in [-0.39, 0.29) is 12.5 Å². The van der Waals surface area contributed by atoms with E-state index in [0.29, 0.717) is 17.5 Å². The van der Waals surface area contributed by atoms with E-state index >= 15 is 0 Å². The second-order valence-electron chi connectivity index (χ2n) is 5.15. The minimum Gasteiger partial charge on any atom is -0.358 e. The molecular weight excluding hydrogens is 275 g/mol. The first-order valence-corrected chi connectivity index (χ1v) is 7.23. The van der Waals surface area contributed by atoms with Gasteiger partial charge in [-0.15, -0.1) is 10.2 Å². The molecule has 110 valence electrons. The number of alkyl halides is 3. The topological polar surface area (TPSA) is 37.8 Å². The Hall–Kier alpha value is -0.850. The molecule has 1 unspecified atom stereocenters. The molecule has 0 bridgehead atoms. The van der Waals surface area contributed by atoms with Gasteiger partial charge in [0.05, 0.1) is 0 Å². The van der Waals surface area contributed by atoms with Crippen LogP contribution in [0.3, 0.4) is 0 Å². The minimum atomic E-state index is -4.06. The van der Waals surface area contributed by atoms with Crippen LogP contribution in [0.5, 0.6) is 0 Å². The zero-order chi connectivity index (χ0) is 14.5. The summed E-state index contributed by atoms with van der Waals surface area (Å²) in [7, 11) is 0. The number of aromatic nitrogens is 2. The Bertz CT molecular complexity index is 377. The van der Waals surface area contributed by atoms with Crippen LogP contribution in [0.4, 0.5) is 18.3 Å². The molecule has 0 spiro atoms. The molecule has 0 aliphatic rings. The van der Waals surface area contributed by atoms with E-state index in [0.717, 1.165) is 11.4 Å². The Balaban J connectivity index is 2.32. The van der Waals surface area contributed by atoms with Gasteiger partial charge in [0.15, 0.2) is 0 Å². The van der Waals surface area contributed by atoms with Crippen LogP contribution in [-0.2, 0) is 6.42 Å². The van der Waals surface area contributed by atoms with Crippen LogP contribution >= 0.6 is 11.3 Å². The summed E-state index contributed by atoms with van der Waals surface area (Å²) >= 11 is 1.47. The first kappa shape index (κ1) is 16.2. The number of nitrogens with one attached hydrogen (secondary N) is 1. The molecule has 0 radical (unpaired) electrons. The number of hydrogen-bond donors (Lipinski definition) is 1. The summed E-state index contributed by atoms with van der Waals surface area (Å²) in [6.07, 6.45) is -3.31. The molecule has 0 amide bonds. The molecule has 0 aliphatic carbocycles. The fourth-order valence-corrected chi connectivity index (χ4v) is 2.70. The van der Waals surface area contributed by atoms with Crippen LogP contribution in [0.1, 0.15) is 45.0 Å². The van der Waals surface area contributed by atoms with Gasteiger partial charge in [-0.05, 0) is 25.7 Å². The molecule has 1 aromatic heterocycles. The zero-order valence-electron chi connectivity index (χ0n) is 11.4. The SMILES string of the molecule is CC(C)Cc1nnc(NC(C)CCCC(F)(F)F)s1. The maximum Gasteiger partial charge on any atom is 0.389 e. The number of anilines is 1. The van der Waals surface area contributed by atoms with Crippen molar-refractivity contribution in [3.05, 3.63) is 5.01 Å². The van der Waals surface area contributed by atoms with Gasteiger partial charge < -0.3 is 5.32 Å². The van der Waals surface area contributed by atoms with Gasteiger partial charge in [0.1, 0.15) is 5.01 Å². The predicted molar refractivity (Wildman–Crippen MR) is 71.4 cm³/mol. The van der Waals surface area contributed by atoms with Crippen LogP contribution in [-0.4, -0.2) is 22.4 Å². The van der Waals surface area contributed by atoms with Gasteiger partial charge in [-0.25, -0.2) is 0 Å². The molecular formula is C12H20F3N3S. The first-order chi connectivity index (χ1) is 8.76. The van der Waals surface area contributed by atoms with E-state index in [1.165, 1.54) is 11.3 Å². The lowest BCUT2D eigenvalue weighted by Gasteiger charge is -2.12. The Kier molecular flexibility index (Phi) is 6.03. The second-order valence-corrected chi connectivity index (χ2v) is 6.21. The standard InChI is InChI=1S/C12H20F3N3S/c1-8(2)7-10-17-18-11(19-10)16-9(3)5-4-6-12(13,14)15/h8-9H,4-7H2,1-3H3,(H,16,18). The maximum atomic E-state index is 12.0. The average Bonchev–Trinajstić information content (AvgIpc) is 2.62. The molecule has 19 heavy (non-hydrogen) atoms. The van der Waals surface area contributed by atoms with Crippen LogP contribution < -0.4 is 5.32 Å². The summed E-state index contributed by atoms with van der Waals surface area (Å²) in [6, 6.07) is -0.0257. The molecule has 0 saturated carbocycles. The molecule has 1 heterocycles. The molecule has 3 nitrogen and oxygen atoms in total. The first-order valence-electron chi connectivity index (χ1n) is 6.42. The molecule has 1 atom stereocenters. The third-order valence-corrected chi connectivity index (χ3v) is 3.39. The molecule has 0 saturated heterocycles. The highest BCUT2D eigenvalue weighted by Crippen LogP contribution is 2.24. The van der Waals surface area contributed by atoms with Crippen LogP contribution in [0.2, 0.25) is 0 Å². The third-order valence-electron chi connectivity index (χ3n) is 2.52. The van der Waals surface area contributed by atoms with Gasteiger partial charge in [-0.3, -0.25) is 0 Å². The Morgan fingerprint density at radius 3 is 2.47 bits per heavy atom. The van der Waals surface area contributed by atoms with Crippen LogP contribution in [0, 0.1) is 5.92 Å². The van der Waals surface area contributed by atoms with E-state index in [2.05, 4.69) is 29.4 Å². The van der Waals surface area contributed by atoms with E-state index in [1.807, 2.05) is 6.92 Å². The van der Waals surface area contributed by atoms with Gasteiger partial charge in [0.2, 0.25) is 5.13 Å². The molecule has 1 aromatic rings. The highest BCUT2D eigenvalue weighted by Gasteiger charge is 2.26. The number of rotatable bonds is 7. The zero-order valence-corrected chi connectivity index (χ0v) is 12.2. The fourth-order valence-electron chi connectivity index (χ4n) is 1.64. The minimum absolute atomic E-state index is 0.0257. The molecule has 7 heteroatoms. The lowest BCUT2D eigenvalue weighted by Crippen LogP contribution is -2.16. The molecule has 0 aromatic carbocycles.